The molecule has 0 saturated heterocycles. The Labute approximate surface area is 136 Å². The summed E-state index contributed by atoms with van der Waals surface area (Å²) in [6, 6.07) is 25.3. The maximum absolute atomic E-state index is 6.01. The molecule has 114 valence electrons. The fourth-order valence-corrected chi connectivity index (χ4v) is 2.22. The number of rotatable bonds is 5. The first-order chi connectivity index (χ1) is 11.3. The topological polar surface area (TPSA) is 18.5 Å². The van der Waals surface area contributed by atoms with Gasteiger partial charge in [0.15, 0.2) is 0 Å². The first-order valence-corrected chi connectivity index (χ1v) is 7.58. The van der Waals surface area contributed by atoms with Gasteiger partial charge in [0.25, 0.3) is 0 Å². The molecule has 0 fully saturated rings. The monoisotopic (exact) mass is 302 g/mol. The van der Waals surface area contributed by atoms with E-state index in [1.807, 2.05) is 97.9 Å². The van der Waals surface area contributed by atoms with E-state index in [4.69, 9.17) is 9.47 Å². The molecular weight excluding hydrogens is 284 g/mol. The Morgan fingerprint density at radius 2 is 1.26 bits per heavy atom. The molecule has 0 atom stereocenters. The minimum Gasteiger partial charge on any atom is -0.457 e. The highest BCUT2D eigenvalue weighted by molar-refractivity contribution is 5.60. The van der Waals surface area contributed by atoms with Gasteiger partial charge in [-0.1, -0.05) is 48.6 Å². The summed E-state index contributed by atoms with van der Waals surface area (Å²) in [4.78, 5) is 0. The third-order valence-corrected chi connectivity index (χ3v) is 3.28. The first-order valence-electron chi connectivity index (χ1n) is 7.58. The van der Waals surface area contributed by atoms with Crippen LogP contribution >= 0.6 is 0 Å². The van der Waals surface area contributed by atoms with Gasteiger partial charge in [0.05, 0.1) is 0 Å². The zero-order valence-corrected chi connectivity index (χ0v) is 13.0. The molecule has 3 rings (SSSR count). The molecule has 0 N–H and O–H groups in total. The van der Waals surface area contributed by atoms with Crippen LogP contribution < -0.4 is 9.47 Å². The summed E-state index contributed by atoms with van der Waals surface area (Å²) < 4.78 is 11.9. The summed E-state index contributed by atoms with van der Waals surface area (Å²) >= 11 is 0. The van der Waals surface area contributed by atoms with Crippen molar-refractivity contribution in [3.63, 3.8) is 0 Å². The highest BCUT2D eigenvalue weighted by atomic mass is 16.5. The van der Waals surface area contributed by atoms with E-state index in [-0.39, 0.29) is 0 Å². The number of hydrogen-bond donors (Lipinski definition) is 0. The summed E-state index contributed by atoms with van der Waals surface area (Å²) in [5.41, 5.74) is 1.01. The zero-order valence-electron chi connectivity index (χ0n) is 13.0. The lowest BCUT2D eigenvalue weighted by Gasteiger charge is -2.12. The maximum atomic E-state index is 6.01. The summed E-state index contributed by atoms with van der Waals surface area (Å²) in [5, 5.41) is 0. The molecule has 0 amide bonds. The largest absolute Gasteiger partial charge is 0.457 e. The molecule has 0 radical (unpaired) electrons. The Balaban J connectivity index is 1.90. The molecule has 0 spiro atoms. The van der Waals surface area contributed by atoms with Crippen LogP contribution in [0.1, 0.15) is 12.5 Å². The molecule has 0 unspecified atom stereocenters. The van der Waals surface area contributed by atoms with Crippen LogP contribution in [0.15, 0.2) is 84.9 Å². The first kappa shape index (κ1) is 14.9. The van der Waals surface area contributed by atoms with Crippen LogP contribution in [0.4, 0.5) is 0 Å². The second-order valence-corrected chi connectivity index (χ2v) is 5.03. The highest BCUT2D eigenvalue weighted by Crippen LogP contribution is 2.32. The molecule has 0 heterocycles. The van der Waals surface area contributed by atoms with Gasteiger partial charge in [-0.2, -0.15) is 0 Å². The van der Waals surface area contributed by atoms with Gasteiger partial charge in [-0.05, 0) is 43.3 Å². The molecule has 0 aromatic heterocycles. The number of hydrogen-bond acceptors (Lipinski definition) is 2. The van der Waals surface area contributed by atoms with E-state index in [0.717, 1.165) is 28.6 Å². The van der Waals surface area contributed by atoms with Gasteiger partial charge in [-0.25, -0.2) is 0 Å². The van der Waals surface area contributed by atoms with Crippen molar-refractivity contribution in [2.24, 2.45) is 0 Å². The van der Waals surface area contributed by atoms with Crippen LogP contribution in [0.25, 0.3) is 6.08 Å². The Morgan fingerprint density at radius 3 is 1.87 bits per heavy atom. The minimum atomic E-state index is 0.746. The average Bonchev–Trinajstić information content (AvgIpc) is 2.59. The van der Waals surface area contributed by atoms with Crippen LogP contribution in [-0.4, -0.2) is 0 Å². The van der Waals surface area contributed by atoms with Gasteiger partial charge in [-0.3, -0.25) is 0 Å². The summed E-state index contributed by atoms with van der Waals surface area (Å²) in [6.07, 6.45) is 4.01. The second kappa shape index (κ2) is 7.32. The fraction of sp³-hybridized carbons (Fsp3) is 0.0476. The SMILES string of the molecule is C/C=C/c1ccc(Oc2ccccc2)cc1Oc1ccccc1. The Hall–Kier alpha value is -3.00. The van der Waals surface area contributed by atoms with Crippen LogP contribution in [0.3, 0.4) is 0 Å². The van der Waals surface area contributed by atoms with Crippen molar-refractivity contribution in [1.82, 2.24) is 0 Å². The Kier molecular flexibility index (Phi) is 4.75. The van der Waals surface area contributed by atoms with Crippen LogP contribution in [-0.2, 0) is 0 Å². The fourth-order valence-electron chi connectivity index (χ4n) is 2.22. The Morgan fingerprint density at radius 1 is 0.652 bits per heavy atom. The predicted molar refractivity (Wildman–Crippen MR) is 94.2 cm³/mol. The molecule has 0 aliphatic rings. The van der Waals surface area contributed by atoms with Gasteiger partial charge in [0.1, 0.15) is 23.0 Å². The second-order valence-electron chi connectivity index (χ2n) is 5.03. The van der Waals surface area contributed by atoms with E-state index in [1.165, 1.54) is 0 Å². The van der Waals surface area contributed by atoms with Crippen LogP contribution in [0, 0.1) is 0 Å². The van der Waals surface area contributed by atoms with Crippen molar-refractivity contribution < 1.29 is 9.47 Å². The summed E-state index contributed by atoms with van der Waals surface area (Å²) in [7, 11) is 0. The number of para-hydroxylation sites is 2. The lowest BCUT2D eigenvalue weighted by Crippen LogP contribution is -1.90. The standard InChI is InChI=1S/C21H18O2/c1-2-9-17-14-15-20(22-18-10-5-3-6-11-18)16-21(17)23-19-12-7-4-8-13-19/h2-16H,1H3/b9-2+. The zero-order chi connectivity index (χ0) is 15.9. The molecule has 0 bridgehead atoms. The minimum absolute atomic E-state index is 0.746. The molecule has 23 heavy (non-hydrogen) atoms. The van der Waals surface area contributed by atoms with Crippen molar-refractivity contribution in [2.45, 2.75) is 6.92 Å². The Bertz CT molecular complexity index is 777. The molecule has 3 aromatic carbocycles. The van der Waals surface area contributed by atoms with Crippen LogP contribution in [0.2, 0.25) is 0 Å². The van der Waals surface area contributed by atoms with Gasteiger partial charge < -0.3 is 9.47 Å². The normalized spacial score (nSPS) is 10.7. The van der Waals surface area contributed by atoms with E-state index < -0.39 is 0 Å². The van der Waals surface area contributed by atoms with Crippen molar-refractivity contribution in [3.8, 4) is 23.0 Å². The lowest BCUT2D eigenvalue weighted by molar-refractivity contribution is 0.459. The number of ether oxygens (including phenoxy) is 2. The lowest BCUT2D eigenvalue weighted by atomic mass is 10.1. The van der Waals surface area contributed by atoms with Crippen molar-refractivity contribution in [1.29, 1.82) is 0 Å². The molecule has 0 saturated carbocycles. The predicted octanol–water partition coefficient (Wildman–Crippen LogP) is 6.30. The molecular formula is C21H18O2. The smallest absolute Gasteiger partial charge is 0.138 e. The van der Waals surface area contributed by atoms with Gasteiger partial charge >= 0.3 is 0 Å². The molecule has 0 aliphatic heterocycles. The third-order valence-electron chi connectivity index (χ3n) is 3.28. The maximum Gasteiger partial charge on any atom is 0.138 e. The van der Waals surface area contributed by atoms with Gasteiger partial charge in [-0.15, -0.1) is 0 Å². The van der Waals surface area contributed by atoms with E-state index in [0.29, 0.717) is 0 Å². The molecule has 3 aromatic rings. The number of benzene rings is 3. The van der Waals surface area contributed by atoms with Crippen molar-refractivity contribution in [2.75, 3.05) is 0 Å². The van der Waals surface area contributed by atoms with E-state index >= 15 is 0 Å². The molecule has 2 heteroatoms. The number of allylic oxidation sites excluding steroid dienone is 1. The van der Waals surface area contributed by atoms with Crippen LogP contribution in [0.5, 0.6) is 23.0 Å². The third kappa shape index (κ3) is 4.01. The van der Waals surface area contributed by atoms with Gasteiger partial charge in [0.2, 0.25) is 0 Å². The quantitative estimate of drug-likeness (QED) is 0.550. The van der Waals surface area contributed by atoms with E-state index in [2.05, 4.69) is 0 Å². The molecule has 2 nitrogen and oxygen atoms in total. The summed E-state index contributed by atoms with van der Waals surface area (Å²) in [5.74, 6) is 3.12. The van der Waals surface area contributed by atoms with Gasteiger partial charge in [0, 0.05) is 11.6 Å². The van der Waals surface area contributed by atoms with E-state index in [9.17, 15) is 0 Å². The average molecular weight is 302 g/mol. The van der Waals surface area contributed by atoms with Crippen molar-refractivity contribution >= 4 is 6.08 Å². The molecule has 0 aliphatic carbocycles. The highest BCUT2D eigenvalue weighted by Gasteiger charge is 2.06. The van der Waals surface area contributed by atoms with E-state index in [1.54, 1.807) is 0 Å². The van der Waals surface area contributed by atoms with Crippen molar-refractivity contribution in [3.05, 3.63) is 90.5 Å². The summed E-state index contributed by atoms with van der Waals surface area (Å²) in [6.45, 7) is 1.99.